The summed E-state index contributed by atoms with van der Waals surface area (Å²) < 4.78 is 6.00. The largest absolute Gasteiger partial charge is 0.436 e. The molecule has 7 heteroatoms. The highest BCUT2D eigenvalue weighted by Gasteiger charge is 2.28. The van der Waals surface area contributed by atoms with E-state index >= 15 is 0 Å². The third-order valence-electron chi connectivity index (χ3n) is 7.25. The van der Waals surface area contributed by atoms with Crippen molar-refractivity contribution >= 4 is 17.4 Å². The highest BCUT2D eigenvalue weighted by molar-refractivity contribution is 5.79. The number of nitrogens with one attached hydrogen (secondary N) is 1. The summed E-state index contributed by atoms with van der Waals surface area (Å²) in [6.45, 7) is 6.55. The average Bonchev–Trinajstić information content (AvgIpc) is 2.93. The van der Waals surface area contributed by atoms with E-state index in [4.69, 9.17) is 4.74 Å². The Morgan fingerprint density at radius 1 is 0.944 bits per heavy atom. The molecule has 2 aromatic carbocycles. The molecule has 0 unspecified atom stereocenters. The minimum absolute atomic E-state index is 0.0863. The molecule has 7 nitrogen and oxygen atoms in total. The minimum atomic E-state index is -0.0973. The summed E-state index contributed by atoms with van der Waals surface area (Å²) in [5.74, 6) is 2.67. The molecule has 3 heterocycles. The molecule has 0 bridgehead atoms. The first-order chi connectivity index (χ1) is 17.7. The number of nitrogens with zero attached hydrogens (tertiary/aromatic N) is 4. The quantitative estimate of drug-likeness (QED) is 0.506. The number of carbonyl (C=O) groups excluding carboxylic acids is 1. The lowest BCUT2D eigenvalue weighted by atomic mass is 9.97. The van der Waals surface area contributed by atoms with Crippen molar-refractivity contribution in [2.24, 2.45) is 11.8 Å². The van der Waals surface area contributed by atoms with Crippen molar-refractivity contribution in [3.63, 3.8) is 0 Å². The number of anilines is 2. The zero-order valence-corrected chi connectivity index (χ0v) is 21.0. The molecule has 0 spiro atoms. The Labute approximate surface area is 213 Å². The third-order valence-corrected chi connectivity index (χ3v) is 7.25. The van der Waals surface area contributed by atoms with Crippen LogP contribution < -0.4 is 19.9 Å². The number of piperidine rings is 2. The molecule has 1 aromatic heterocycles. The van der Waals surface area contributed by atoms with E-state index < -0.39 is 0 Å². The Morgan fingerprint density at radius 2 is 1.69 bits per heavy atom. The fourth-order valence-corrected chi connectivity index (χ4v) is 5.02. The highest BCUT2D eigenvalue weighted by Crippen LogP contribution is 2.31. The smallest absolute Gasteiger partial charge is 0.263 e. The Morgan fingerprint density at radius 3 is 2.47 bits per heavy atom. The zero-order chi connectivity index (χ0) is 24.7. The van der Waals surface area contributed by atoms with E-state index in [1.54, 1.807) is 12.4 Å². The molecule has 2 saturated heterocycles. The SMILES string of the molecule is CC1CCN(c2ccc(CNC(=O)[C@H]3CCCN(c4nccnc4Oc4ccccc4)C3)cc2)CC1. The standard InChI is InChI=1S/C29H35N5O2/c1-22-13-18-33(19-14-22)25-11-9-23(10-12-25)20-32-28(35)24-6-5-17-34(21-24)27-29(31-16-15-30-27)36-26-7-3-2-4-8-26/h2-4,7-12,15-16,22,24H,5-6,13-14,17-21H2,1H3,(H,32,35)/t24-/m0/s1. The molecular weight excluding hydrogens is 450 g/mol. The van der Waals surface area contributed by atoms with Crippen LogP contribution in [0.5, 0.6) is 11.6 Å². The van der Waals surface area contributed by atoms with Gasteiger partial charge in [-0.05, 0) is 61.4 Å². The van der Waals surface area contributed by atoms with Gasteiger partial charge in [-0.2, -0.15) is 0 Å². The van der Waals surface area contributed by atoms with E-state index in [1.807, 2.05) is 30.3 Å². The second kappa shape index (κ2) is 11.4. The maximum absolute atomic E-state index is 13.1. The second-order valence-electron chi connectivity index (χ2n) is 9.94. The number of rotatable bonds is 7. The van der Waals surface area contributed by atoms with Gasteiger partial charge in [-0.3, -0.25) is 4.79 Å². The lowest BCUT2D eigenvalue weighted by Crippen LogP contribution is -2.43. The van der Waals surface area contributed by atoms with Crippen LogP contribution in [0.25, 0.3) is 0 Å². The van der Waals surface area contributed by atoms with E-state index in [0.29, 0.717) is 30.5 Å². The summed E-state index contributed by atoms with van der Waals surface area (Å²) >= 11 is 0. The van der Waals surface area contributed by atoms with Gasteiger partial charge in [-0.25, -0.2) is 9.97 Å². The molecule has 188 valence electrons. The first-order valence-electron chi connectivity index (χ1n) is 13.1. The van der Waals surface area contributed by atoms with E-state index in [2.05, 4.69) is 56.3 Å². The van der Waals surface area contributed by atoms with Crippen molar-refractivity contribution in [3.8, 4) is 11.6 Å². The van der Waals surface area contributed by atoms with Crippen molar-refractivity contribution in [2.75, 3.05) is 36.0 Å². The lowest BCUT2D eigenvalue weighted by molar-refractivity contribution is -0.125. The van der Waals surface area contributed by atoms with E-state index in [9.17, 15) is 4.79 Å². The fraction of sp³-hybridized carbons (Fsp3) is 0.414. The highest BCUT2D eigenvalue weighted by atomic mass is 16.5. The molecule has 0 aliphatic carbocycles. The first-order valence-corrected chi connectivity index (χ1v) is 13.1. The van der Waals surface area contributed by atoms with Crippen molar-refractivity contribution in [3.05, 3.63) is 72.6 Å². The van der Waals surface area contributed by atoms with Crippen LogP contribution in [-0.2, 0) is 11.3 Å². The molecule has 0 saturated carbocycles. The minimum Gasteiger partial charge on any atom is -0.436 e. The molecule has 1 amide bonds. The van der Waals surface area contributed by atoms with Crippen LogP contribution in [0.15, 0.2) is 67.0 Å². The van der Waals surface area contributed by atoms with Gasteiger partial charge < -0.3 is 19.9 Å². The predicted octanol–water partition coefficient (Wildman–Crippen LogP) is 5.04. The van der Waals surface area contributed by atoms with Gasteiger partial charge in [0, 0.05) is 50.8 Å². The number of aromatic nitrogens is 2. The normalized spacial score (nSPS) is 18.6. The maximum Gasteiger partial charge on any atom is 0.263 e. The first kappa shape index (κ1) is 24.1. The van der Waals surface area contributed by atoms with Gasteiger partial charge in [0.1, 0.15) is 5.75 Å². The fourth-order valence-electron chi connectivity index (χ4n) is 5.02. The summed E-state index contributed by atoms with van der Waals surface area (Å²) in [5, 5.41) is 3.15. The van der Waals surface area contributed by atoms with E-state index in [0.717, 1.165) is 44.0 Å². The Hall–Kier alpha value is -3.61. The molecule has 5 rings (SSSR count). The van der Waals surface area contributed by atoms with Gasteiger partial charge in [0.2, 0.25) is 5.91 Å². The summed E-state index contributed by atoms with van der Waals surface area (Å²) in [6, 6.07) is 18.2. The summed E-state index contributed by atoms with van der Waals surface area (Å²) in [6.07, 6.45) is 7.60. The number of ether oxygens (including phenoxy) is 1. The monoisotopic (exact) mass is 485 g/mol. The Bertz CT molecular complexity index is 1130. The number of hydrogen-bond donors (Lipinski definition) is 1. The topological polar surface area (TPSA) is 70.6 Å². The van der Waals surface area contributed by atoms with Crippen molar-refractivity contribution < 1.29 is 9.53 Å². The van der Waals surface area contributed by atoms with Crippen LogP contribution in [-0.4, -0.2) is 42.1 Å². The van der Waals surface area contributed by atoms with Gasteiger partial charge in [0.15, 0.2) is 5.82 Å². The van der Waals surface area contributed by atoms with Crippen LogP contribution >= 0.6 is 0 Å². The van der Waals surface area contributed by atoms with Crippen molar-refractivity contribution in [1.29, 1.82) is 0 Å². The number of carbonyl (C=O) groups is 1. The van der Waals surface area contributed by atoms with Crippen LogP contribution in [0.3, 0.4) is 0 Å². The van der Waals surface area contributed by atoms with E-state index in [1.165, 1.54) is 18.5 Å². The van der Waals surface area contributed by atoms with Gasteiger partial charge in [-0.15, -0.1) is 0 Å². The van der Waals surface area contributed by atoms with Crippen molar-refractivity contribution in [2.45, 2.75) is 39.2 Å². The number of para-hydroxylation sites is 1. The molecule has 1 atom stereocenters. The summed E-state index contributed by atoms with van der Waals surface area (Å²) in [4.78, 5) is 26.6. The number of hydrogen-bond acceptors (Lipinski definition) is 6. The second-order valence-corrected chi connectivity index (χ2v) is 9.94. The number of benzene rings is 2. The predicted molar refractivity (Wildman–Crippen MR) is 142 cm³/mol. The summed E-state index contributed by atoms with van der Waals surface area (Å²) in [7, 11) is 0. The third kappa shape index (κ3) is 5.96. The van der Waals surface area contributed by atoms with Gasteiger partial charge >= 0.3 is 0 Å². The van der Waals surface area contributed by atoms with Crippen LogP contribution in [0, 0.1) is 11.8 Å². The Balaban J connectivity index is 1.17. The molecule has 0 radical (unpaired) electrons. The molecule has 2 aliphatic heterocycles. The maximum atomic E-state index is 13.1. The number of amides is 1. The van der Waals surface area contributed by atoms with Gasteiger partial charge in [0.25, 0.3) is 5.88 Å². The molecule has 2 fully saturated rings. The molecule has 36 heavy (non-hydrogen) atoms. The zero-order valence-electron chi connectivity index (χ0n) is 21.0. The van der Waals surface area contributed by atoms with Crippen LogP contribution in [0.2, 0.25) is 0 Å². The van der Waals surface area contributed by atoms with Crippen LogP contribution in [0.4, 0.5) is 11.5 Å². The lowest BCUT2D eigenvalue weighted by Gasteiger charge is -2.33. The molecule has 1 N–H and O–H groups in total. The Kier molecular flexibility index (Phi) is 7.64. The average molecular weight is 486 g/mol. The van der Waals surface area contributed by atoms with Crippen molar-refractivity contribution in [1.82, 2.24) is 15.3 Å². The molecule has 2 aliphatic rings. The molecular formula is C29H35N5O2. The molecule has 3 aromatic rings. The van der Waals surface area contributed by atoms with E-state index in [-0.39, 0.29) is 11.8 Å². The van der Waals surface area contributed by atoms with Gasteiger partial charge in [0.05, 0.1) is 5.92 Å². The summed E-state index contributed by atoms with van der Waals surface area (Å²) in [5.41, 5.74) is 2.40. The van der Waals surface area contributed by atoms with Gasteiger partial charge in [-0.1, -0.05) is 37.3 Å². The van der Waals surface area contributed by atoms with Crippen LogP contribution in [0.1, 0.15) is 38.2 Å².